The molecule has 26 heteroatoms. The summed E-state index contributed by atoms with van der Waals surface area (Å²) in [5, 5.41) is 12.1. The number of carbonyl (C=O) groups excluding carboxylic acids is 1. The van der Waals surface area contributed by atoms with E-state index < -0.39 is 98.2 Å². The summed E-state index contributed by atoms with van der Waals surface area (Å²) in [6, 6.07) is -0.769. The molecule has 4 aromatic rings. The molecule has 57 heavy (non-hydrogen) atoms. The van der Waals surface area contributed by atoms with Gasteiger partial charge in [-0.3, -0.25) is 41.8 Å². The molecule has 11 atom stereocenters. The van der Waals surface area contributed by atoms with E-state index >= 15 is 0 Å². The topological polar surface area (TPSA) is 304 Å². The third kappa shape index (κ3) is 7.07. The zero-order valence-electron chi connectivity index (χ0n) is 31.3. The van der Waals surface area contributed by atoms with Crippen LogP contribution < -0.4 is 17.0 Å². The molecule has 4 aliphatic rings. The number of carbonyl (C=O) groups is 1. The maximum absolute atomic E-state index is 15.0. The Morgan fingerprint density at radius 3 is 2.60 bits per heavy atom. The Hall–Kier alpha value is -3.54. The number of nitrogens with one attached hydrogen (secondary N) is 1. The fraction of sp³-hybridized carbons (Fsp3) is 0.645. The van der Waals surface area contributed by atoms with Crippen molar-refractivity contribution in [3.8, 4) is 0 Å². The molecule has 0 radical (unpaired) electrons. The number of aromatic nitrogens is 8. The molecule has 1 spiro atoms. The predicted molar refractivity (Wildman–Crippen MR) is 199 cm³/mol. The zero-order chi connectivity index (χ0) is 40.7. The Bertz CT molecular complexity index is 2360. The number of imidazole rings is 2. The van der Waals surface area contributed by atoms with Crippen molar-refractivity contribution in [1.82, 2.24) is 39.0 Å². The van der Waals surface area contributed by atoms with Crippen LogP contribution in [0.3, 0.4) is 0 Å². The van der Waals surface area contributed by atoms with E-state index in [-0.39, 0.29) is 36.1 Å². The number of phosphoric ester groups is 1. The molecule has 2 saturated heterocycles. The van der Waals surface area contributed by atoms with Crippen LogP contribution in [0.5, 0.6) is 0 Å². The zero-order valence-corrected chi connectivity index (χ0v) is 33.9. The van der Waals surface area contributed by atoms with Crippen LogP contribution in [0.1, 0.15) is 46.4 Å². The molecule has 4 aromatic heterocycles. The SMILES string of the molecule is CCO[P@@]1(=O)OCC23C[C@@H]2[C@@H](n2cnc4c(N)ncnc42)[C@H](O)[C@@H]3O[P@](=O)(SCOC(=O)C(C)(C)C)OC[C@H]2O[C@@H](n3cnc4c(=O)[nH]c(N)nc43)[C@H](O1)[C@@H]2OC. The second kappa shape index (κ2) is 14.6. The lowest BCUT2D eigenvalue weighted by Gasteiger charge is -2.32. The third-order valence-electron chi connectivity index (χ3n) is 10.5. The van der Waals surface area contributed by atoms with Gasteiger partial charge in [0.1, 0.15) is 48.3 Å². The maximum Gasteiger partial charge on any atom is 0.475 e. The first-order valence-corrected chi connectivity index (χ1v) is 22.4. The summed E-state index contributed by atoms with van der Waals surface area (Å²) in [7, 11) is -3.21. The van der Waals surface area contributed by atoms with Crippen molar-refractivity contribution in [1.29, 1.82) is 0 Å². The van der Waals surface area contributed by atoms with Crippen molar-refractivity contribution in [2.24, 2.45) is 16.7 Å². The minimum absolute atomic E-state index is 0.0114. The molecule has 2 aliphatic heterocycles. The van der Waals surface area contributed by atoms with Gasteiger partial charge < -0.3 is 35.4 Å². The van der Waals surface area contributed by atoms with Gasteiger partial charge in [0.25, 0.3) is 5.56 Å². The third-order valence-corrected chi connectivity index (χ3v) is 15.3. The average Bonchev–Trinajstić information content (AvgIpc) is 3.44. The summed E-state index contributed by atoms with van der Waals surface area (Å²) in [5.41, 5.74) is 9.90. The summed E-state index contributed by atoms with van der Waals surface area (Å²) in [6.45, 7) is 1.20. The number of rotatable bonds is 8. The maximum atomic E-state index is 15.0. The molecular weight excluding hydrogens is 814 g/mol. The number of fused-ring (bicyclic) bond motifs is 4. The van der Waals surface area contributed by atoms with E-state index in [2.05, 4.69) is 29.9 Å². The van der Waals surface area contributed by atoms with Crippen molar-refractivity contribution in [3.63, 3.8) is 0 Å². The normalized spacial score (nSPS) is 35.6. The van der Waals surface area contributed by atoms with Gasteiger partial charge in [-0.2, -0.15) is 4.98 Å². The molecule has 23 nitrogen and oxygen atoms in total. The molecule has 8 rings (SSSR count). The molecular formula is C31H42N10O13P2S. The second-order valence-corrected chi connectivity index (χ2v) is 20.6. The summed E-state index contributed by atoms with van der Waals surface area (Å²) in [4.78, 5) is 48.9. The van der Waals surface area contributed by atoms with Crippen LogP contribution in [0.25, 0.3) is 22.3 Å². The highest BCUT2D eigenvalue weighted by molar-refractivity contribution is 8.55. The molecule has 1 unspecified atom stereocenters. The van der Waals surface area contributed by atoms with Crippen LogP contribution in [0.2, 0.25) is 0 Å². The summed E-state index contributed by atoms with van der Waals surface area (Å²) < 4.78 is 80.9. The van der Waals surface area contributed by atoms with Crippen LogP contribution in [-0.4, -0.2) is 114 Å². The predicted octanol–water partition coefficient (Wildman–Crippen LogP) is 2.31. The number of nitrogens with zero attached hydrogens (tertiary/aromatic N) is 7. The van der Waals surface area contributed by atoms with Crippen molar-refractivity contribution in [2.75, 3.05) is 44.3 Å². The highest BCUT2D eigenvalue weighted by Crippen LogP contribution is 2.74. The fourth-order valence-corrected chi connectivity index (χ4v) is 12.0. The monoisotopic (exact) mass is 856 g/mol. The summed E-state index contributed by atoms with van der Waals surface area (Å²) >= 11 is 0.593. The number of aliphatic hydroxyl groups is 1. The van der Waals surface area contributed by atoms with Crippen LogP contribution >= 0.6 is 26.0 Å². The highest BCUT2D eigenvalue weighted by Gasteiger charge is 2.74. The lowest BCUT2D eigenvalue weighted by atomic mass is 9.98. The summed E-state index contributed by atoms with van der Waals surface area (Å²) in [5.74, 6) is -1.51. The van der Waals surface area contributed by atoms with E-state index in [0.29, 0.717) is 29.0 Å². The quantitative estimate of drug-likeness (QED) is 0.112. The first kappa shape index (κ1) is 40.2. The number of anilines is 2. The lowest BCUT2D eigenvalue weighted by Crippen LogP contribution is -2.38. The molecule has 0 amide bonds. The molecule has 0 aromatic carbocycles. The van der Waals surface area contributed by atoms with Gasteiger partial charge in [-0.15, -0.1) is 0 Å². The van der Waals surface area contributed by atoms with E-state index in [9.17, 15) is 23.8 Å². The Balaban J connectivity index is 1.19. The van der Waals surface area contributed by atoms with Gasteiger partial charge in [0, 0.05) is 23.9 Å². The molecule has 6 N–H and O–H groups in total. The minimum Gasteiger partial charge on any atom is -0.454 e. The van der Waals surface area contributed by atoms with E-state index in [1.165, 1.54) is 30.7 Å². The highest BCUT2D eigenvalue weighted by atomic mass is 32.7. The van der Waals surface area contributed by atoms with Crippen molar-refractivity contribution in [3.05, 3.63) is 29.3 Å². The van der Waals surface area contributed by atoms with Gasteiger partial charge in [0.05, 0.1) is 43.9 Å². The van der Waals surface area contributed by atoms with E-state index in [1.54, 1.807) is 32.3 Å². The number of hydrogen-bond donors (Lipinski definition) is 4. The molecule has 6 heterocycles. The number of nitrogens with two attached hydrogens (primary N) is 2. The van der Waals surface area contributed by atoms with E-state index in [1.807, 2.05) is 0 Å². The molecule has 2 bridgehead atoms. The van der Waals surface area contributed by atoms with Crippen molar-refractivity contribution >= 4 is 66.1 Å². The molecule has 310 valence electrons. The van der Waals surface area contributed by atoms with Gasteiger partial charge in [-0.25, -0.2) is 29.1 Å². The van der Waals surface area contributed by atoms with Gasteiger partial charge >= 0.3 is 20.6 Å². The number of hydrogen-bond acceptors (Lipinski definition) is 21. The first-order valence-electron chi connectivity index (χ1n) is 17.9. The largest absolute Gasteiger partial charge is 0.475 e. The van der Waals surface area contributed by atoms with Crippen LogP contribution in [0, 0.1) is 16.7 Å². The number of ether oxygens (including phenoxy) is 3. The second-order valence-electron chi connectivity index (χ2n) is 15.1. The molecule has 4 fully saturated rings. The number of esters is 1. The van der Waals surface area contributed by atoms with Crippen molar-refractivity contribution < 1.29 is 55.9 Å². The van der Waals surface area contributed by atoms with Crippen LogP contribution in [0.15, 0.2) is 23.8 Å². The van der Waals surface area contributed by atoms with Gasteiger partial charge in [-0.05, 0) is 40.0 Å². The Morgan fingerprint density at radius 2 is 1.86 bits per heavy atom. The number of aromatic amines is 1. The standard InChI is InChI=1S/C31H42N10O13P2S/c1-6-49-55(45)51-9-31-7-14(31)18(40-11-36-16-23(32)34-10-35-24(16)40)19(42)22(31)54-56(46,57-13-48-28(44)30(2,3)4)50-8-15-20(47-5)21(53-55)27(52-15)41-12-37-17-25(41)38-29(33)39-26(17)43/h10-12,14-15,18-22,27,42H,6-9,13H2,1-5H3,(H2,32,34,35)(H3,33,38,39,43)/t14-,15-,18-,19+,20-,21-,22+,27-,31?,55+,56-/m1/s1. The number of H-pyrrole nitrogens is 1. The summed E-state index contributed by atoms with van der Waals surface area (Å²) in [6.07, 6.45) is -3.12. The van der Waals surface area contributed by atoms with Gasteiger partial charge in [-0.1, -0.05) is 0 Å². The Morgan fingerprint density at radius 1 is 1.11 bits per heavy atom. The Kier molecular flexibility index (Phi) is 10.3. The van der Waals surface area contributed by atoms with E-state index in [4.69, 9.17) is 48.3 Å². The Labute approximate surface area is 327 Å². The van der Waals surface area contributed by atoms with Crippen LogP contribution in [-0.2, 0) is 50.8 Å². The molecule has 2 aliphatic carbocycles. The number of phosphoric acid groups is 1. The fourth-order valence-electron chi connectivity index (χ4n) is 7.72. The number of nitrogen functional groups attached to an aromatic ring is 2. The van der Waals surface area contributed by atoms with Crippen LogP contribution in [0.4, 0.5) is 11.8 Å². The minimum atomic E-state index is -4.55. The molecule has 2 saturated carbocycles. The smallest absolute Gasteiger partial charge is 0.454 e. The average molecular weight is 857 g/mol. The van der Waals surface area contributed by atoms with Crippen molar-refractivity contribution in [2.45, 2.75) is 76.9 Å². The van der Waals surface area contributed by atoms with Gasteiger partial charge in [0.15, 0.2) is 28.9 Å². The number of methoxy groups -OCH3 is 1. The number of aliphatic hydroxyl groups excluding tert-OH is 1. The van der Waals surface area contributed by atoms with E-state index in [0.717, 1.165) is 0 Å². The first-order chi connectivity index (χ1) is 27.0. The van der Waals surface area contributed by atoms with Gasteiger partial charge in [0.2, 0.25) is 5.95 Å². The lowest BCUT2D eigenvalue weighted by molar-refractivity contribution is -0.150.